The highest BCUT2D eigenvalue weighted by Crippen LogP contribution is 2.35. The van der Waals surface area contributed by atoms with Crippen LogP contribution in [0.2, 0.25) is 0 Å². The molecular weight excluding hydrogens is 294 g/mol. The summed E-state index contributed by atoms with van der Waals surface area (Å²) in [6, 6.07) is 1.16. The van der Waals surface area contributed by atoms with Crippen LogP contribution in [0.25, 0.3) is 0 Å². The number of ether oxygens (including phenoxy) is 1. The average molecular weight is 324 g/mol. The Balaban J connectivity index is 1.60. The highest BCUT2D eigenvalue weighted by Gasteiger charge is 2.28. The molecule has 1 fully saturated rings. The minimum absolute atomic E-state index is 0.536. The Bertz CT molecular complexity index is 476. The number of nitrogens with one attached hydrogen (secondary N) is 1. The Morgan fingerprint density at radius 3 is 3.09 bits per heavy atom. The molecule has 5 heteroatoms. The fraction of sp³-hybridized carbons (Fsp3) is 0.824. The van der Waals surface area contributed by atoms with E-state index < -0.39 is 0 Å². The molecule has 2 aliphatic rings. The summed E-state index contributed by atoms with van der Waals surface area (Å²) in [6.45, 7) is 6.49. The molecule has 3 rings (SSSR count). The predicted molar refractivity (Wildman–Crippen MR) is 91.6 cm³/mol. The van der Waals surface area contributed by atoms with Crippen LogP contribution in [0.5, 0.6) is 0 Å². The zero-order valence-corrected chi connectivity index (χ0v) is 14.8. The molecule has 1 aliphatic heterocycles. The molecule has 1 aromatic heterocycles. The van der Waals surface area contributed by atoms with E-state index in [0.29, 0.717) is 12.1 Å². The van der Waals surface area contributed by atoms with Gasteiger partial charge in [0.1, 0.15) is 0 Å². The first-order valence-corrected chi connectivity index (χ1v) is 9.57. The van der Waals surface area contributed by atoms with Gasteiger partial charge in [-0.3, -0.25) is 4.90 Å². The minimum atomic E-state index is 0.536. The Morgan fingerprint density at radius 2 is 2.27 bits per heavy atom. The maximum Gasteiger partial charge on any atom is 0.0928 e. The van der Waals surface area contributed by atoms with Crippen molar-refractivity contribution in [1.82, 2.24) is 15.2 Å². The molecule has 0 unspecified atom stereocenters. The molecule has 0 bridgehead atoms. The highest BCUT2D eigenvalue weighted by atomic mass is 32.1. The molecule has 22 heavy (non-hydrogen) atoms. The Labute approximate surface area is 138 Å². The number of nitrogens with zero attached hydrogens (tertiary/aromatic N) is 2. The van der Waals surface area contributed by atoms with Gasteiger partial charge in [-0.05, 0) is 45.1 Å². The number of rotatable bonds is 6. The minimum Gasteiger partial charge on any atom is -0.383 e. The number of thiazole rings is 1. The number of hydrogen-bond acceptors (Lipinski definition) is 5. The van der Waals surface area contributed by atoms with Crippen LogP contribution in [0.3, 0.4) is 0 Å². The smallest absolute Gasteiger partial charge is 0.0928 e. The summed E-state index contributed by atoms with van der Waals surface area (Å²) in [5, 5.41) is 5.26. The molecule has 0 radical (unpaired) electrons. The average Bonchev–Trinajstić information content (AvgIpc) is 2.98. The van der Waals surface area contributed by atoms with Gasteiger partial charge in [0.25, 0.3) is 0 Å². The van der Waals surface area contributed by atoms with E-state index in [0.717, 1.165) is 26.1 Å². The zero-order chi connectivity index (χ0) is 15.4. The van der Waals surface area contributed by atoms with Crippen LogP contribution in [0.4, 0.5) is 0 Å². The van der Waals surface area contributed by atoms with Crippen molar-refractivity contribution in [3.05, 3.63) is 15.6 Å². The van der Waals surface area contributed by atoms with Crippen molar-refractivity contribution in [2.75, 3.05) is 33.4 Å². The lowest BCUT2D eigenvalue weighted by Gasteiger charge is -2.36. The van der Waals surface area contributed by atoms with E-state index in [-0.39, 0.29) is 0 Å². The summed E-state index contributed by atoms with van der Waals surface area (Å²) >= 11 is 1.94. The number of piperidine rings is 1. The Morgan fingerprint density at radius 1 is 1.36 bits per heavy atom. The SMILES string of the molecule is CCc1nc2c(s1)[C@H](N[C@H]1CCCN(CCOC)C1)CCC2. The number of methoxy groups -OCH3 is 1. The first-order valence-electron chi connectivity index (χ1n) is 8.76. The fourth-order valence-electron chi connectivity index (χ4n) is 3.68. The van der Waals surface area contributed by atoms with Crippen molar-refractivity contribution in [1.29, 1.82) is 0 Å². The van der Waals surface area contributed by atoms with Crippen molar-refractivity contribution in [3.8, 4) is 0 Å². The van der Waals surface area contributed by atoms with E-state index in [1.54, 1.807) is 7.11 Å². The largest absolute Gasteiger partial charge is 0.383 e. The van der Waals surface area contributed by atoms with Crippen molar-refractivity contribution >= 4 is 11.3 Å². The summed E-state index contributed by atoms with van der Waals surface area (Å²) in [7, 11) is 1.79. The summed E-state index contributed by atoms with van der Waals surface area (Å²) < 4.78 is 5.22. The van der Waals surface area contributed by atoms with Crippen molar-refractivity contribution < 1.29 is 4.74 Å². The quantitative estimate of drug-likeness (QED) is 0.873. The molecule has 0 aromatic carbocycles. The van der Waals surface area contributed by atoms with E-state index in [9.17, 15) is 0 Å². The molecule has 124 valence electrons. The van der Waals surface area contributed by atoms with Crippen molar-refractivity contribution in [2.45, 2.75) is 57.5 Å². The number of fused-ring (bicyclic) bond motifs is 1. The van der Waals surface area contributed by atoms with Crippen LogP contribution in [-0.2, 0) is 17.6 Å². The van der Waals surface area contributed by atoms with E-state index in [2.05, 4.69) is 17.1 Å². The van der Waals surface area contributed by atoms with E-state index in [1.807, 2.05) is 11.3 Å². The lowest BCUT2D eigenvalue weighted by Crippen LogP contribution is -2.47. The lowest BCUT2D eigenvalue weighted by molar-refractivity contribution is 0.119. The molecule has 1 saturated heterocycles. The predicted octanol–water partition coefficient (Wildman–Crippen LogP) is 2.78. The molecule has 0 saturated carbocycles. The molecule has 1 aliphatic carbocycles. The van der Waals surface area contributed by atoms with Gasteiger partial charge in [0.15, 0.2) is 0 Å². The number of aryl methyl sites for hydroxylation is 2. The third kappa shape index (κ3) is 3.88. The molecule has 1 N–H and O–H groups in total. The highest BCUT2D eigenvalue weighted by molar-refractivity contribution is 7.11. The second-order valence-electron chi connectivity index (χ2n) is 6.52. The second kappa shape index (κ2) is 7.86. The fourth-order valence-corrected chi connectivity index (χ4v) is 4.83. The van der Waals surface area contributed by atoms with Gasteiger partial charge in [0.05, 0.1) is 17.3 Å². The van der Waals surface area contributed by atoms with Crippen molar-refractivity contribution in [3.63, 3.8) is 0 Å². The maximum atomic E-state index is 5.22. The first-order chi connectivity index (χ1) is 10.8. The topological polar surface area (TPSA) is 37.4 Å². The summed E-state index contributed by atoms with van der Waals surface area (Å²) in [5.74, 6) is 0. The maximum absolute atomic E-state index is 5.22. The van der Waals surface area contributed by atoms with Crippen molar-refractivity contribution in [2.24, 2.45) is 0 Å². The molecule has 2 heterocycles. The van der Waals surface area contributed by atoms with Gasteiger partial charge in [-0.25, -0.2) is 4.98 Å². The third-order valence-electron chi connectivity index (χ3n) is 4.85. The molecule has 0 amide bonds. The molecule has 0 spiro atoms. The number of likely N-dealkylation sites (tertiary alicyclic amines) is 1. The van der Waals surface area contributed by atoms with Gasteiger partial charge in [0.2, 0.25) is 0 Å². The van der Waals surface area contributed by atoms with Crippen LogP contribution in [0, 0.1) is 0 Å². The zero-order valence-electron chi connectivity index (χ0n) is 13.9. The van der Waals surface area contributed by atoms with Gasteiger partial charge in [-0.2, -0.15) is 0 Å². The van der Waals surface area contributed by atoms with Crippen LogP contribution in [-0.4, -0.2) is 49.3 Å². The monoisotopic (exact) mass is 323 g/mol. The third-order valence-corrected chi connectivity index (χ3v) is 6.21. The summed E-state index contributed by atoms with van der Waals surface area (Å²) in [5.41, 5.74) is 1.37. The lowest BCUT2D eigenvalue weighted by atomic mass is 9.96. The van der Waals surface area contributed by atoms with E-state index in [1.165, 1.54) is 54.2 Å². The first kappa shape index (κ1) is 16.4. The van der Waals surface area contributed by atoms with E-state index in [4.69, 9.17) is 9.72 Å². The molecule has 2 atom stereocenters. The molecular formula is C17H29N3OS. The van der Waals surface area contributed by atoms with Crippen LogP contribution >= 0.6 is 11.3 Å². The van der Waals surface area contributed by atoms with Crippen LogP contribution < -0.4 is 5.32 Å². The Kier molecular flexibility index (Phi) is 5.85. The Hall–Kier alpha value is -0.490. The normalized spacial score (nSPS) is 26.1. The standard InChI is InChI=1S/C17H29N3OS/c1-3-16-19-15-8-4-7-14(17(15)22-16)18-13-6-5-9-20(12-13)10-11-21-2/h13-14,18H,3-12H2,1-2H3/t13-,14+/m0/s1. The summed E-state index contributed by atoms with van der Waals surface area (Å²) in [4.78, 5) is 8.88. The number of hydrogen-bond donors (Lipinski definition) is 1. The van der Waals surface area contributed by atoms with Gasteiger partial charge >= 0.3 is 0 Å². The molecule has 1 aromatic rings. The van der Waals surface area contributed by atoms with Gasteiger partial charge < -0.3 is 10.1 Å². The summed E-state index contributed by atoms with van der Waals surface area (Å²) in [6.07, 6.45) is 7.39. The second-order valence-corrected chi connectivity index (χ2v) is 7.63. The van der Waals surface area contributed by atoms with Gasteiger partial charge in [-0.1, -0.05) is 6.92 Å². The van der Waals surface area contributed by atoms with Gasteiger partial charge in [0, 0.05) is 37.2 Å². The van der Waals surface area contributed by atoms with Gasteiger partial charge in [-0.15, -0.1) is 11.3 Å². The van der Waals surface area contributed by atoms with Crippen LogP contribution in [0.15, 0.2) is 0 Å². The van der Waals surface area contributed by atoms with Crippen LogP contribution in [0.1, 0.15) is 54.2 Å². The van der Waals surface area contributed by atoms with E-state index >= 15 is 0 Å². The molecule has 4 nitrogen and oxygen atoms in total. The number of aromatic nitrogens is 1.